The molecule has 0 saturated carbocycles. The minimum absolute atomic E-state index is 0.0866. The van der Waals surface area contributed by atoms with Crippen molar-refractivity contribution in [2.75, 3.05) is 20.8 Å². The Balaban J connectivity index is 2.45. The smallest absolute Gasteiger partial charge is 0.161 e. The summed E-state index contributed by atoms with van der Waals surface area (Å²) in [6.45, 7) is 4.99. The lowest BCUT2D eigenvalue weighted by Gasteiger charge is -2.19. The molecule has 0 spiro atoms. The number of rotatable bonds is 6. The van der Waals surface area contributed by atoms with E-state index < -0.39 is 0 Å². The molecular formula is C16H23N3O2. The van der Waals surface area contributed by atoms with Gasteiger partial charge >= 0.3 is 0 Å². The van der Waals surface area contributed by atoms with Crippen molar-refractivity contribution in [2.24, 2.45) is 7.05 Å². The second kappa shape index (κ2) is 6.63. The monoisotopic (exact) mass is 289 g/mol. The maximum absolute atomic E-state index is 5.40. The van der Waals surface area contributed by atoms with Crippen molar-refractivity contribution in [1.29, 1.82) is 0 Å². The van der Waals surface area contributed by atoms with E-state index in [1.54, 1.807) is 14.2 Å². The first kappa shape index (κ1) is 15.4. The van der Waals surface area contributed by atoms with Crippen molar-refractivity contribution in [3.8, 4) is 11.5 Å². The van der Waals surface area contributed by atoms with Crippen LogP contribution in [0.25, 0.3) is 0 Å². The average Bonchev–Trinajstić information content (AvgIpc) is 2.82. The zero-order valence-electron chi connectivity index (χ0n) is 13.3. The largest absolute Gasteiger partial charge is 0.493 e. The molecule has 0 bridgehead atoms. The van der Waals surface area contributed by atoms with Gasteiger partial charge in [-0.1, -0.05) is 13.0 Å². The second-order valence-electron chi connectivity index (χ2n) is 4.95. The molecule has 0 aliphatic rings. The van der Waals surface area contributed by atoms with E-state index in [9.17, 15) is 0 Å². The highest BCUT2D eigenvalue weighted by Gasteiger charge is 2.19. The molecule has 114 valence electrons. The van der Waals surface area contributed by atoms with Gasteiger partial charge < -0.3 is 14.8 Å². The van der Waals surface area contributed by atoms with Crippen molar-refractivity contribution in [2.45, 2.75) is 19.9 Å². The van der Waals surface area contributed by atoms with Crippen molar-refractivity contribution in [1.82, 2.24) is 15.1 Å². The number of hydrogen-bond acceptors (Lipinski definition) is 4. The summed E-state index contributed by atoms with van der Waals surface area (Å²) in [6.07, 6.45) is 2.05. The molecule has 1 heterocycles. The van der Waals surface area contributed by atoms with Crippen molar-refractivity contribution >= 4 is 0 Å². The number of nitrogens with zero attached hydrogens (tertiary/aromatic N) is 2. The molecule has 0 aliphatic heterocycles. The number of methoxy groups -OCH3 is 2. The highest BCUT2D eigenvalue weighted by molar-refractivity contribution is 5.46. The van der Waals surface area contributed by atoms with Crippen LogP contribution < -0.4 is 14.8 Å². The van der Waals surface area contributed by atoms with E-state index in [1.165, 1.54) is 5.56 Å². The summed E-state index contributed by atoms with van der Waals surface area (Å²) >= 11 is 0. The topological polar surface area (TPSA) is 48.3 Å². The summed E-state index contributed by atoms with van der Waals surface area (Å²) < 4.78 is 12.5. The van der Waals surface area contributed by atoms with Crippen LogP contribution in [0.1, 0.15) is 29.8 Å². The normalized spacial score (nSPS) is 12.2. The molecule has 0 saturated heterocycles. The fourth-order valence-electron chi connectivity index (χ4n) is 2.55. The molecule has 0 amide bonds. The molecule has 1 N–H and O–H groups in total. The van der Waals surface area contributed by atoms with E-state index in [4.69, 9.17) is 9.47 Å². The van der Waals surface area contributed by atoms with Gasteiger partial charge in [-0.25, -0.2) is 0 Å². The zero-order valence-corrected chi connectivity index (χ0v) is 13.3. The summed E-state index contributed by atoms with van der Waals surface area (Å²) in [7, 11) is 5.23. The Morgan fingerprint density at radius 2 is 1.95 bits per heavy atom. The van der Waals surface area contributed by atoms with Gasteiger partial charge in [-0.2, -0.15) is 5.10 Å². The highest BCUT2D eigenvalue weighted by Crippen LogP contribution is 2.32. The predicted molar refractivity (Wildman–Crippen MR) is 83.0 cm³/mol. The highest BCUT2D eigenvalue weighted by atomic mass is 16.5. The van der Waals surface area contributed by atoms with E-state index in [0.29, 0.717) is 0 Å². The van der Waals surface area contributed by atoms with Gasteiger partial charge in [0.1, 0.15) is 0 Å². The van der Waals surface area contributed by atoms with Crippen LogP contribution >= 0.6 is 0 Å². The molecule has 0 aliphatic carbocycles. The van der Waals surface area contributed by atoms with Crippen LogP contribution in [0.2, 0.25) is 0 Å². The quantitative estimate of drug-likeness (QED) is 0.887. The molecule has 0 fully saturated rings. The number of aromatic nitrogens is 2. The van der Waals surface area contributed by atoms with Gasteiger partial charge in [0.15, 0.2) is 11.5 Å². The van der Waals surface area contributed by atoms with Gasteiger partial charge in [-0.3, -0.25) is 4.68 Å². The SMILES string of the molecule is CCNC(c1ccc(OC)c(OC)c1)c1cn(C)nc1C. The van der Waals surface area contributed by atoms with Gasteiger partial charge in [0.25, 0.3) is 0 Å². The molecule has 1 aromatic carbocycles. The third-order valence-corrected chi connectivity index (χ3v) is 3.51. The molecular weight excluding hydrogens is 266 g/mol. The molecule has 5 nitrogen and oxygen atoms in total. The van der Waals surface area contributed by atoms with Crippen LogP contribution in [-0.2, 0) is 7.05 Å². The first-order valence-electron chi connectivity index (χ1n) is 7.06. The standard InChI is InChI=1S/C16H23N3O2/c1-6-17-16(13-10-19(3)18-11(13)2)12-7-8-14(20-4)15(9-12)21-5/h7-10,16-17H,6H2,1-5H3. The second-order valence-corrected chi connectivity index (χ2v) is 4.95. The number of benzene rings is 1. The maximum Gasteiger partial charge on any atom is 0.161 e. The molecule has 1 aromatic heterocycles. The Morgan fingerprint density at radius 3 is 2.48 bits per heavy atom. The Labute approximate surface area is 125 Å². The van der Waals surface area contributed by atoms with Crippen LogP contribution in [0.5, 0.6) is 11.5 Å². The van der Waals surface area contributed by atoms with Gasteiger partial charge in [0.2, 0.25) is 0 Å². The van der Waals surface area contributed by atoms with Gasteiger partial charge in [0, 0.05) is 18.8 Å². The molecule has 2 rings (SSSR count). The lowest BCUT2D eigenvalue weighted by molar-refractivity contribution is 0.354. The molecule has 21 heavy (non-hydrogen) atoms. The molecule has 1 atom stereocenters. The van der Waals surface area contributed by atoms with Crippen LogP contribution in [0.15, 0.2) is 24.4 Å². The summed E-state index contributed by atoms with van der Waals surface area (Å²) in [5.74, 6) is 1.47. The maximum atomic E-state index is 5.40. The number of nitrogens with one attached hydrogen (secondary N) is 1. The Bertz CT molecular complexity index is 608. The third kappa shape index (κ3) is 3.19. The van der Waals surface area contributed by atoms with Crippen LogP contribution in [0.3, 0.4) is 0 Å². The number of aryl methyl sites for hydroxylation is 2. The summed E-state index contributed by atoms with van der Waals surface area (Å²) in [6, 6.07) is 6.09. The van der Waals surface area contributed by atoms with E-state index in [2.05, 4.69) is 29.6 Å². The van der Waals surface area contributed by atoms with Gasteiger partial charge in [-0.15, -0.1) is 0 Å². The summed E-state index contributed by atoms with van der Waals surface area (Å²) in [4.78, 5) is 0. The van der Waals surface area contributed by atoms with Gasteiger partial charge in [-0.05, 0) is 31.2 Å². The first-order valence-corrected chi connectivity index (χ1v) is 7.06. The van der Waals surface area contributed by atoms with E-state index in [-0.39, 0.29) is 6.04 Å². The average molecular weight is 289 g/mol. The Hall–Kier alpha value is -2.01. The van der Waals surface area contributed by atoms with Crippen LogP contribution in [0.4, 0.5) is 0 Å². The fraction of sp³-hybridized carbons (Fsp3) is 0.438. The molecule has 2 aromatic rings. The van der Waals surface area contributed by atoms with Crippen molar-refractivity contribution in [3.05, 3.63) is 41.2 Å². The van der Waals surface area contributed by atoms with Crippen LogP contribution in [0, 0.1) is 6.92 Å². The molecule has 5 heteroatoms. The number of ether oxygens (including phenoxy) is 2. The van der Waals surface area contributed by atoms with E-state index in [0.717, 1.165) is 29.3 Å². The summed E-state index contributed by atoms with van der Waals surface area (Å²) in [5, 5.41) is 7.95. The number of hydrogen-bond donors (Lipinski definition) is 1. The Kier molecular flexibility index (Phi) is 4.85. The Morgan fingerprint density at radius 1 is 1.24 bits per heavy atom. The minimum atomic E-state index is 0.0866. The van der Waals surface area contributed by atoms with E-state index in [1.807, 2.05) is 30.8 Å². The minimum Gasteiger partial charge on any atom is -0.493 e. The molecule has 0 radical (unpaired) electrons. The van der Waals surface area contributed by atoms with Gasteiger partial charge in [0.05, 0.1) is 26.0 Å². The summed E-state index contributed by atoms with van der Waals surface area (Å²) in [5.41, 5.74) is 3.33. The fourth-order valence-corrected chi connectivity index (χ4v) is 2.55. The van der Waals surface area contributed by atoms with Crippen LogP contribution in [-0.4, -0.2) is 30.5 Å². The van der Waals surface area contributed by atoms with Crippen molar-refractivity contribution in [3.63, 3.8) is 0 Å². The lowest BCUT2D eigenvalue weighted by Crippen LogP contribution is -2.22. The molecule has 1 unspecified atom stereocenters. The van der Waals surface area contributed by atoms with Crippen molar-refractivity contribution < 1.29 is 9.47 Å². The van der Waals surface area contributed by atoms with E-state index >= 15 is 0 Å². The predicted octanol–water partition coefficient (Wildman–Crippen LogP) is 2.44. The first-order chi connectivity index (χ1) is 10.1. The lowest BCUT2D eigenvalue weighted by atomic mass is 9.99. The zero-order chi connectivity index (χ0) is 15.4. The third-order valence-electron chi connectivity index (χ3n) is 3.51.